The van der Waals surface area contributed by atoms with Crippen molar-refractivity contribution < 1.29 is 20.1 Å². The normalized spacial score (nSPS) is 10.5. The third-order valence-corrected chi connectivity index (χ3v) is 2.51. The molecule has 88 valence electrons. The largest absolute Gasteiger partial charge is 0.478 e. The van der Waals surface area contributed by atoms with Gasteiger partial charge in [-0.25, -0.2) is 4.79 Å². The first kappa shape index (κ1) is 13.0. The number of aliphatic hydroxyl groups excluding tert-OH is 2. The molecule has 0 radical (unpaired) electrons. The van der Waals surface area contributed by atoms with Gasteiger partial charge in [-0.15, -0.1) is 0 Å². The number of hydrogen-bond acceptors (Lipinski definition) is 4. The lowest BCUT2D eigenvalue weighted by Crippen LogP contribution is -2.28. The molecule has 5 nitrogen and oxygen atoms in total. The number of hydrogen-bond donors (Lipinski definition) is 4. The van der Waals surface area contributed by atoms with Gasteiger partial charge in [-0.05, 0) is 18.2 Å². The van der Waals surface area contributed by atoms with E-state index < -0.39 is 12.0 Å². The van der Waals surface area contributed by atoms with E-state index >= 15 is 0 Å². The van der Waals surface area contributed by atoms with Gasteiger partial charge in [0.05, 0.1) is 24.8 Å². The Morgan fingerprint density at radius 2 is 2.00 bits per heavy atom. The number of carbonyl (C=O) groups is 1. The van der Waals surface area contributed by atoms with Crippen LogP contribution in [0.2, 0.25) is 0 Å². The Labute approximate surface area is 101 Å². The zero-order chi connectivity index (χ0) is 12.1. The van der Waals surface area contributed by atoms with Crippen LogP contribution in [0.1, 0.15) is 10.4 Å². The van der Waals surface area contributed by atoms with Crippen LogP contribution in [0.25, 0.3) is 0 Å². The van der Waals surface area contributed by atoms with Gasteiger partial charge in [0.15, 0.2) is 0 Å². The van der Waals surface area contributed by atoms with E-state index in [9.17, 15) is 4.79 Å². The minimum absolute atomic E-state index is 0.0845. The summed E-state index contributed by atoms with van der Waals surface area (Å²) < 4.78 is 0.653. The molecule has 1 aromatic rings. The lowest BCUT2D eigenvalue weighted by Gasteiger charge is -2.16. The molecule has 0 atom stereocenters. The number of nitrogens with one attached hydrogen (secondary N) is 1. The molecule has 0 spiro atoms. The predicted octanol–water partition coefficient (Wildman–Crippen LogP) is 0.912. The molecule has 0 aliphatic rings. The van der Waals surface area contributed by atoms with Crippen molar-refractivity contribution in [2.45, 2.75) is 6.04 Å². The molecule has 4 N–H and O–H groups in total. The molecular formula is C10H12BrNO4. The number of aliphatic hydroxyl groups is 2. The zero-order valence-corrected chi connectivity index (χ0v) is 9.94. The summed E-state index contributed by atoms with van der Waals surface area (Å²) in [6, 6.07) is 4.14. The Morgan fingerprint density at radius 1 is 1.38 bits per heavy atom. The summed E-state index contributed by atoms with van der Waals surface area (Å²) in [7, 11) is 0. The predicted molar refractivity (Wildman–Crippen MR) is 62.7 cm³/mol. The van der Waals surface area contributed by atoms with Crippen LogP contribution in [0.4, 0.5) is 5.69 Å². The first-order chi connectivity index (χ1) is 7.58. The van der Waals surface area contributed by atoms with Crippen molar-refractivity contribution in [2.24, 2.45) is 0 Å². The van der Waals surface area contributed by atoms with Crippen LogP contribution >= 0.6 is 15.9 Å². The molecule has 0 aliphatic carbocycles. The summed E-state index contributed by atoms with van der Waals surface area (Å²) >= 11 is 3.18. The van der Waals surface area contributed by atoms with Crippen molar-refractivity contribution >= 4 is 27.6 Å². The van der Waals surface area contributed by atoms with Crippen molar-refractivity contribution in [1.29, 1.82) is 0 Å². The molecule has 0 unspecified atom stereocenters. The van der Waals surface area contributed by atoms with E-state index in [-0.39, 0.29) is 18.8 Å². The number of aromatic carboxylic acids is 1. The first-order valence-corrected chi connectivity index (χ1v) is 5.39. The van der Waals surface area contributed by atoms with Gasteiger partial charge in [-0.2, -0.15) is 0 Å². The summed E-state index contributed by atoms with van der Waals surface area (Å²) in [6.45, 7) is -0.544. The molecule has 0 aliphatic heterocycles. The highest BCUT2D eigenvalue weighted by Gasteiger charge is 2.13. The smallest absolute Gasteiger partial charge is 0.337 e. The van der Waals surface area contributed by atoms with Crippen LogP contribution in [-0.4, -0.2) is 40.5 Å². The number of rotatable bonds is 5. The third kappa shape index (κ3) is 3.19. The van der Waals surface area contributed by atoms with Crippen molar-refractivity contribution in [1.82, 2.24) is 0 Å². The maximum absolute atomic E-state index is 10.9. The van der Waals surface area contributed by atoms with Crippen molar-refractivity contribution in [3.63, 3.8) is 0 Å². The van der Waals surface area contributed by atoms with Gasteiger partial charge in [-0.1, -0.05) is 15.9 Å². The molecule has 0 bridgehead atoms. The highest BCUT2D eigenvalue weighted by atomic mass is 79.9. The Hall–Kier alpha value is -1.11. The van der Waals surface area contributed by atoms with E-state index in [2.05, 4.69) is 21.2 Å². The fourth-order valence-corrected chi connectivity index (χ4v) is 1.55. The molecular weight excluding hydrogens is 278 g/mol. The number of carboxylic acid groups (broad SMARTS) is 1. The van der Waals surface area contributed by atoms with Crippen LogP contribution in [-0.2, 0) is 0 Å². The molecule has 0 heterocycles. The molecule has 0 fully saturated rings. The van der Waals surface area contributed by atoms with E-state index in [0.29, 0.717) is 10.2 Å². The summed E-state index contributed by atoms with van der Waals surface area (Å²) in [5, 5.41) is 29.5. The van der Waals surface area contributed by atoms with Gasteiger partial charge in [-0.3, -0.25) is 0 Å². The number of benzene rings is 1. The zero-order valence-electron chi connectivity index (χ0n) is 8.35. The van der Waals surface area contributed by atoms with Gasteiger partial charge in [0.1, 0.15) is 0 Å². The van der Waals surface area contributed by atoms with E-state index in [4.69, 9.17) is 15.3 Å². The van der Waals surface area contributed by atoms with Gasteiger partial charge in [0, 0.05) is 10.2 Å². The number of carboxylic acids is 1. The lowest BCUT2D eigenvalue weighted by molar-refractivity contribution is 0.0697. The molecule has 0 saturated heterocycles. The second kappa shape index (κ2) is 5.83. The van der Waals surface area contributed by atoms with E-state index in [0.717, 1.165) is 0 Å². The minimum atomic E-state index is -1.07. The monoisotopic (exact) mass is 289 g/mol. The van der Waals surface area contributed by atoms with Crippen molar-refractivity contribution in [3.05, 3.63) is 28.2 Å². The summed E-state index contributed by atoms with van der Waals surface area (Å²) in [6.07, 6.45) is 0. The third-order valence-electron chi connectivity index (χ3n) is 2.01. The van der Waals surface area contributed by atoms with Crippen molar-refractivity contribution in [3.8, 4) is 0 Å². The van der Waals surface area contributed by atoms with E-state index in [1.54, 1.807) is 12.1 Å². The van der Waals surface area contributed by atoms with E-state index in [1.807, 2.05) is 0 Å². The maximum atomic E-state index is 10.9. The molecule has 0 saturated carbocycles. The first-order valence-electron chi connectivity index (χ1n) is 4.59. The van der Waals surface area contributed by atoms with Crippen molar-refractivity contribution in [2.75, 3.05) is 18.5 Å². The second-order valence-corrected chi connectivity index (χ2v) is 4.12. The molecule has 6 heteroatoms. The topological polar surface area (TPSA) is 89.8 Å². The number of anilines is 1. The average Bonchev–Trinajstić information content (AvgIpc) is 2.27. The molecule has 1 rings (SSSR count). The molecule has 1 aromatic carbocycles. The van der Waals surface area contributed by atoms with Gasteiger partial charge in [0.2, 0.25) is 0 Å². The Kier molecular flexibility index (Phi) is 4.72. The fourth-order valence-electron chi connectivity index (χ4n) is 1.19. The highest BCUT2D eigenvalue weighted by molar-refractivity contribution is 9.10. The quantitative estimate of drug-likeness (QED) is 0.647. The fraction of sp³-hybridized carbons (Fsp3) is 0.300. The Balaban J connectivity index is 2.98. The van der Waals surface area contributed by atoms with Crippen LogP contribution in [0, 0.1) is 0 Å². The minimum Gasteiger partial charge on any atom is -0.478 e. The van der Waals surface area contributed by atoms with Gasteiger partial charge in [0.25, 0.3) is 0 Å². The Bertz CT molecular complexity index is 379. The van der Waals surface area contributed by atoms with Gasteiger partial charge >= 0.3 is 5.97 Å². The molecule has 16 heavy (non-hydrogen) atoms. The highest BCUT2D eigenvalue weighted by Crippen LogP contribution is 2.21. The maximum Gasteiger partial charge on any atom is 0.337 e. The van der Waals surface area contributed by atoms with E-state index in [1.165, 1.54) is 6.07 Å². The summed E-state index contributed by atoms with van der Waals surface area (Å²) in [5.74, 6) is -1.07. The van der Waals surface area contributed by atoms with Crippen LogP contribution in [0.15, 0.2) is 22.7 Å². The Morgan fingerprint density at radius 3 is 2.50 bits per heavy atom. The van der Waals surface area contributed by atoms with Crippen LogP contribution in [0.3, 0.4) is 0 Å². The standard InChI is InChI=1S/C10H12BrNO4/c11-6-1-2-9(8(3-6)10(15)16)12-7(4-13)5-14/h1-3,7,12-14H,4-5H2,(H,15,16). The summed E-state index contributed by atoms with van der Waals surface area (Å²) in [4.78, 5) is 10.9. The van der Waals surface area contributed by atoms with Gasteiger partial charge < -0.3 is 20.6 Å². The average molecular weight is 290 g/mol. The lowest BCUT2D eigenvalue weighted by atomic mass is 10.1. The van der Waals surface area contributed by atoms with Crippen LogP contribution in [0.5, 0.6) is 0 Å². The second-order valence-electron chi connectivity index (χ2n) is 3.20. The SMILES string of the molecule is O=C(O)c1cc(Br)ccc1NC(CO)CO. The van der Waals surface area contributed by atoms with Crippen LogP contribution < -0.4 is 5.32 Å². The number of halogens is 1. The summed E-state index contributed by atoms with van der Waals surface area (Å²) in [5.41, 5.74) is 0.449. The molecule has 0 amide bonds. The molecule has 0 aromatic heterocycles.